The van der Waals surface area contributed by atoms with E-state index in [4.69, 9.17) is 0 Å². The van der Waals surface area contributed by atoms with Crippen molar-refractivity contribution in [2.75, 3.05) is 12.4 Å². The Kier molecular flexibility index (Phi) is 3.37. The summed E-state index contributed by atoms with van der Waals surface area (Å²) >= 11 is 0. The summed E-state index contributed by atoms with van der Waals surface area (Å²) in [5.41, 5.74) is -0.855. The zero-order valence-corrected chi connectivity index (χ0v) is 9.79. The molecule has 1 aromatic carbocycles. The molecule has 7 heteroatoms. The molecule has 0 spiro atoms. The molecule has 0 aliphatic rings. The fourth-order valence-corrected chi connectivity index (χ4v) is 1.55. The van der Waals surface area contributed by atoms with Crippen LogP contribution >= 0.6 is 0 Å². The lowest BCUT2D eigenvalue weighted by molar-refractivity contribution is -0.139. The molecular weight excluding hydrogens is 262 g/mol. The number of nitrogens with one attached hydrogen (secondary N) is 1. The first-order valence-electron chi connectivity index (χ1n) is 5.28. The third-order valence-electron chi connectivity index (χ3n) is 2.49. The highest BCUT2D eigenvalue weighted by Gasteiger charge is 2.34. The first-order valence-corrected chi connectivity index (χ1v) is 5.28. The van der Waals surface area contributed by atoms with Gasteiger partial charge in [0.15, 0.2) is 0 Å². The summed E-state index contributed by atoms with van der Waals surface area (Å²) in [6, 6.07) is 4.23. The van der Waals surface area contributed by atoms with Crippen molar-refractivity contribution in [3.05, 3.63) is 42.0 Å². The van der Waals surface area contributed by atoms with Gasteiger partial charge in [-0.15, -0.1) is 0 Å². The molecule has 0 fully saturated rings. The minimum atomic E-state index is -4.74. The molecule has 2 aromatic rings. The van der Waals surface area contributed by atoms with Gasteiger partial charge in [-0.1, -0.05) is 0 Å². The molecule has 3 nitrogen and oxygen atoms in total. The van der Waals surface area contributed by atoms with E-state index >= 15 is 0 Å². The van der Waals surface area contributed by atoms with Crippen molar-refractivity contribution in [3.63, 3.8) is 0 Å². The van der Waals surface area contributed by atoms with Crippen LogP contribution in [0.25, 0.3) is 11.3 Å². The second-order valence-electron chi connectivity index (χ2n) is 3.73. The Balaban J connectivity index is 2.51. The summed E-state index contributed by atoms with van der Waals surface area (Å²) in [7, 11) is 1.62. The van der Waals surface area contributed by atoms with E-state index < -0.39 is 17.6 Å². The van der Waals surface area contributed by atoms with Crippen molar-refractivity contribution in [1.82, 2.24) is 9.97 Å². The van der Waals surface area contributed by atoms with E-state index in [0.717, 1.165) is 12.1 Å². The first kappa shape index (κ1) is 13.3. The van der Waals surface area contributed by atoms with Crippen molar-refractivity contribution >= 4 is 5.82 Å². The summed E-state index contributed by atoms with van der Waals surface area (Å²) in [6.45, 7) is 0. The van der Waals surface area contributed by atoms with E-state index in [2.05, 4.69) is 15.3 Å². The molecule has 0 aliphatic carbocycles. The highest BCUT2D eigenvalue weighted by atomic mass is 19.4. The number of aromatic nitrogens is 2. The van der Waals surface area contributed by atoms with Crippen molar-refractivity contribution in [3.8, 4) is 11.3 Å². The van der Waals surface area contributed by atoms with Crippen LogP contribution in [-0.4, -0.2) is 17.0 Å². The largest absolute Gasteiger partial charge is 0.419 e. The van der Waals surface area contributed by atoms with Crippen LogP contribution in [0, 0.1) is 5.82 Å². The van der Waals surface area contributed by atoms with E-state index in [1.54, 1.807) is 7.05 Å². The van der Waals surface area contributed by atoms with Gasteiger partial charge in [0.2, 0.25) is 0 Å². The Morgan fingerprint density at radius 1 is 1.11 bits per heavy atom. The van der Waals surface area contributed by atoms with Crippen molar-refractivity contribution in [2.24, 2.45) is 0 Å². The molecule has 0 aliphatic heterocycles. The molecule has 0 amide bonds. The fourth-order valence-electron chi connectivity index (χ4n) is 1.55. The lowest BCUT2D eigenvalue weighted by atomic mass is 10.1. The molecule has 0 saturated carbocycles. The molecule has 0 radical (unpaired) electrons. The van der Waals surface area contributed by atoms with E-state index in [-0.39, 0.29) is 11.3 Å². The monoisotopic (exact) mass is 271 g/mol. The lowest BCUT2D eigenvalue weighted by Gasteiger charge is -2.10. The average molecular weight is 271 g/mol. The summed E-state index contributed by atoms with van der Waals surface area (Å²) < 4.78 is 51.0. The predicted molar refractivity (Wildman–Crippen MR) is 62.0 cm³/mol. The number of alkyl halides is 3. The molecule has 0 bridgehead atoms. The zero-order valence-electron chi connectivity index (χ0n) is 9.79. The maximum absolute atomic E-state index is 13.2. The van der Waals surface area contributed by atoms with Crippen LogP contribution in [-0.2, 0) is 6.18 Å². The second kappa shape index (κ2) is 4.83. The lowest BCUT2D eigenvalue weighted by Crippen LogP contribution is -2.08. The van der Waals surface area contributed by atoms with Gasteiger partial charge >= 0.3 is 6.18 Å². The Bertz CT molecular complexity index is 596. The number of hydrogen-bond donors (Lipinski definition) is 1. The standard InChI is InChI=1S/C12H9F4N3/c1-17-11-5-10(18-6-19-11)7-2-3-9(13)8(4-7)12(14,15)16/h2-6H,1H3,(H,17,18,19). The Morgan fingerprint density at radius 2 is 1.84 bits per heavy atom. The third kappa shape index (κ3) is 2.81. The van der Waals surface area contributed by atoms with E-state index in [9.17, 15) is 17.6 Å². The van der Waals surface area contributed by atoms with Gasteiger partial charge in [0.25, 0.3) is 0 Å². The number of hydrogen-bond acceptors (Lipinski definition) is 3. The summed E-state index contributed by atoms with van der Waals surface area (Å²) in [6.07, 6.45) is -3.52. The van der Waals surface area contributed by atoms with Crippen LogP contribution in [0.4, 0.5) is 23.4 Å². The van der Waals surface area contributed by atoms with Gasteiger partial charge in [-0.05, 0) is 18.2 Å². The summed E-state index contributed by atoms with van der Waals surface area (Å²) in [5, 5.41) is 2.75. The van der Waals surface area contributed by atoms with E-state index in [1.807, 2.05) is 0 Å². The van der Waals surface area contributed by atoms with Crippen LogP contribution in [0.5, 0.6) is 0 Å². The first-order chi connectivity index (χ1) is 8.91. The maximum atomic E-state index is 13.2. The van der Waals surface area contributed by atoms with Gasteiger partial charge in [0.05, 0.1) is 11.3 Å². The van der Waals surface area contributed by atoms with Gasteiger partial charge < -0.3 is 5.32 Å². The Labute approximate surface area is 106 Å². The minimum Gasteiger partial charge on any atom is -0.373 e. The summed E-state index contributed by atoms with van der Waals surface area (Å²) in [4.78, 5) is 7.72. The van der Waals surface area contributed by atoms with Gasteiger partial charge in [-0.25, -0.2) is 14.4 Å². The maximum Gasteiger partial charge on any atom is 0.419 e. The van der Waals surface area contributed by atoms with Crippen LogP contribution in [0.1, 0.15) is 5.56 Å². The average Bonchev–Trinajstić information content (AvgIpc) is 2.38. The molecule has 100 valence electrons. The SMILES string of the molecule is CNc1cc(-c2ccc(F)c(C(F)(F)F)c2)ncn1. The number of halogens is 4. The normalized spacial score (nSPS) is 11.4. The molecule has 19 heavy (non-hydrogen) atoms. The molecule has 1 aromatic heterocycles. The molecule has 1 heterocycles. The highest BCUT2D eigenvalue weighted by Crippen LogP contribution is 2.34. The predicted octanol–water partition coefficient (Wildman–Crippen LogP) is 3.34. The molecule has 2 rings (SSSR count). The Morgan fingerprint density at radius 3 is 2.47 bits per heavy atom. The molecule has 1 N–H and O–H groups in total. The number of rotatable bonds is 2. The quantitative estimate of drug-likeness (QED) is 0.851. The van der Waals surface area contributed by atoms with Gasteiger partial charge in [-0.3, -0.25) is 0 Å². The van der Waals surface area contributed by atoms with E-state index in [1.165, 1.54) is 18.5 Å². The zero-order chi connectivity index (χ0) is 14.0. The van der Waals surface area contributed by atoms with Crippen LogP contribution in [0.15, 0.2) is 30.6 Å². The van der Waals surface area contributed by atoms with Gasteiger partial charge in [0, 0.05) is 18.7 Å². The molecule has 0 unspecified atom stereocenters. The van der Waals surface area contributed by atoms with Crippen molar-refractivity contribution in [1.29, 1.82) is 0 Å². The van der Waals surface area contributed by atoms with Crippen LogP contribution in [0.3, 0.4) is 0 Å². The molecule has 0 saturated heterocycles. The fraction of sp³-hybridized carbons (Fsp3) is 0.167. The van der Waals surface area contributed by atoms with Crippen molar-refractivity contribution < 1.29 is 17.6 Å². The van der Waals surface area contributed by atoms with E-state index in [0.29, 0.717) is 5.82 Å². The smallest absolute Gasteiger partial charge is 0.373 e. The van der Waals surface area contributed by atoms with Crippen molar-refractivity contribution in [2.45, 2.75) is 6.18 Å². The number of nitrogens with zero attached hydrogens (tertiary/aromatic N) is 2. The third-order valence-corrected chi connectivity index (χ3v) is 2.49. The molecular formula is C12H9F4N3. The summed E-state index contributed by atoms with van der Waals surface area (Å²) in [5.74, 6) is -0.845. The Hall–Kier alpha value is -2.18. The minimum absolute atomic E-state index is 0.174. The van der Waals surface area contributed by atoms with Crippen LogP contribution < -0.4 is 5.32 Å². The molecule has 0 atom stereocenters. The van der Waals surface area contributed by atoms with Gasteiger partial charge in [-0.2, -0.15) is 13.2 Å². The number of anilines is 1. The number of benzene rings is 1. The topological polar surface area (TPSA) is 37.8 Å². The highest BCUT2D eigenvalue weighted by molar-refractivity contribution is 5.63. The second-order valence-corrected chi connectivity index (χ2v) is 3.73. The van der Waals surface area contributed by atoms with Crippen LogP contribution in [0.2, 0.25) is 0 Å². The van der Waals surface area contributed by atoms with Gasteiger partial charge in [0.1, 0.15) is 18.0 Å².